The van der Waals surface area contributed by atoms with Crippen molar-refractivity contribution in [2.75, 3.05) is 36.8 Å². The van der Waals surface area contributed by atoms with Crippen LogP contribution in [0, 0.1) is 3.57 Å². The van der Waals surface area contributed by atoms with Gasteiger partial charge in [0.05, 0.1) is 5.69 Å². The lowest BCUT2D eigenvalue weighted by atomic mass is 10.1. The molecular formula is C14H22IN3. The topological polar surface area (TPSA) is 32.5 Å². The van der Waals surface area contributed by atoms with Gasteiger partial charge >= 0.3 is 0 Å². The number of hydrogen-bond donors (Lipinski definition) is 1. The zero-order valence-electron chi connectivity index (χ0n) is 11.2. The standard InChI is InChI=1S/C14H22IN3/c1-3-11(2)17-6-8-18(9-7-17)14-5-4-12(16)10-13(14)15/h4-5,10-11H,3,6-9,16H2,1-2H3. The summed E-state index contributed by atoms with van der Waals surface area (Å²) in [5.41, 5.74) is 7.98. The molecule has 0 aliphatic carbocycles. The summed E-state index contributed by atoms with van der Waals surface area (Å²) in [6.45, 7) is 9.14. The van der Waals surface area contributed by atoms with Crippen molar-refractivity contribution in [3.8, 4) is 0 Å². The monoisotopic (exact) mass is 359 g/mol. The maximum atomic E-state index is 5.81. The number of anilines is 2. The highest BCUT2D eigenvalue weighted by molar-refractivity contribution is 14.1. The predicted molar refractivity (Wildman–Crippen MR) is 87.1 cm³/mol. The highest BCUT2D eigenvalue weighted by atomic mass is 127. The molecule has 0 bridgehead atoms. The van der Waals surface area contributed by atoms with Gasteiger partial charge < -0.3 is 10.6 Å². The van der Waals surface area contributed by atoms with Crippen LogP contribution in [0.4, 0.5) is 11.4 Å². The van der Waals surface area contributed by atoms with Crippen molar-refractivity contribution in [1.29, 1.82) is 0 Å². The zero-order chi connectivity index (χ0) is 13.1. The molecule has 1 aromatic rings. The van der Waals surface area contributed by atoms with Crippen molar-refractivity contribution in [3.63, 3.8) is 0 Å². The largest absolute Gasteiger partial charge is 0.399 e. The third-order valence-electron chi connectivity index (χ3n) is 3.84. The van der Waals surface area contributed by atoms with Crippen LogP contribution in [0.2, 0.25) is 0 Å². The Bertz CT molecular complexity index is 400. The molecule has 4 heteroatoms. The first-order chi connectivity index (χ1) is 8.61. The van der Waals surface area contributed by atoms with E-state index in [1.165, 1.54) is 15.7 Å². The van der Waals surface area contributed by atoms with Gasteiger partial charge in [-0.25, -0.2) is 0 Å². The van der Waals surface area contributed by atoms with Crippen LogP contribution < -0.4 is 10.6 Å². The number of nitrogens with two attached hydrogens (primary N) is 1. The van der Waals surface area contributed by atoms with Gasteiger partial charge in [0.2, 0.25) is 0 Å². The molecule has 0 amide bonds. The molecule has 2 N–H and O–H groups in total. The van der Waals surface area contributed by atoms with E-state index < -0.39 is 0 Å². The molecule has 18 heavy (non-hydrogen) atoms. The van der Waals surface area contributed by atoms with Crippen LogP contribution in [0.3, 0.4) is 0 Å². The number of nitrogen functional groups attached to an aromatic ring is 1. The number of rotatable bonds is 3. The van der Waals surface area contributed by atoms with Crippen LogP contribution >= 0.6 is 22.6 Å². The molecule has 1 aromatic carbocycles. The van der Waals surface area contributed by atoms with Gasteiger partial charge in [0, 0.05) is 41.5 Å². The third-order valence-corrected chi connectivity index (χ3v) is 4.70. The fraction of sp³-hybridized carbons (Fsp3) is 0.571. The first-order valence-electron chi connectivity index (χ1n) is 6.66. The molecule has 2 rings (SSSR count). The van der Waals surface area contributed by atoms with E-state index in [4.69, 9.17) is 5.73 Å². The lowest BCUT2D eigenvalue weighted by Crippen LogP contribution is -2.49. The summed E-state index contributed by atoms with van der Waals surface area (Å²) in [5.74, 6) is 0. The molecule has 1 aliphatic heterocycles. The zero-order valence-corrected chi connectivity index (χ0v) is 13.4. The molecule has 1 unspecified atom stereocenters. The number of benzene rings is 1. The molecule has 3 nitrogen and oxygen atoms in total. The Hall–Kier alpha value is -0.490. The Labute approximate surface area is 123 Å². The lowest BCUT2D eigenvalue weighted by molar-refractivity contribution is 0.193. The smallest absolute Gasteiger partial charge is 0.0504 e. The van der Waals surface area contributed by atoms with Crippen LogP contribution in [0.25, 0.3) is 0 Å². The van der Waals surface area contributed by atoms with Gasteiger partial charge in [0.25, 0.3) is 0 Å². The van der Waals surface area contributed by atoms with Crippen LogP contribution in [0.5, 0.6) is 0 Å². The average molecular weight is 359 g/mol. The Balaban J connectivity index is 2.01. The maximum absolute atomic E-state index is 5.81. The third kappa shape index (κ3) is 3.09. The first kappa shape index (κ1) is 13.9. The molecule has 1 saturated heterocycles. The van der Waals surface area contributed by atoms with Gasteiger partial charge in [0.1, 0.15) is 0 Å². The van der Waals surface area contributed by atoms with Crippen molar-refractivity contribution in [2.24, 2.45) is 0 Å². The molecule has 1 fully saturated rings. The van der Waals surface area contributed by atoms with Gasteiger partial charge in [-0.3, -0.25) is 4.90 Å². The highest BCUT2D eigenvalue weighted by Crippen LogP contribution is 2.26. The van der Waals surface area contributed by atoms with E-state index >= 15 is 0 Å². The van der Waals surface area contributed by atoms with E-state index in [0.717, 1.165) is 31.9 Å². The van der Waals surface area contributed by atoms with E-state index in [1.807, 2.05) is 6.07 Å². The van der Waals surface area contributed by atoms with Gasteiger partial charge in [-0.1, -0.05) is 6.92 Å². The summed E-state index contributed by atoms with van der Waals surface area (Å²) < 4.78 is 1.25. The van der Waals surface area contributed by atoms with Crippen molar-refractivity contribution < 1.29 is 0 Å². The molecule has 0 aromatic heterocycles. The molecule has 1 atom stereocenters. The molecule has 0 spiro atoms. The van der Waals surface area contributed by atoms with Crippen molar-refractivity contribution in [2.45, 2.75) is 26.3 Å². The first-order valence-corrected chi connectivity index (χ1v) is 7.73. The Morgan fingerprint density at radius 3 is 2.50 bits per heavy atom. The summed E-state index contributed by atoms with van der Waals surface area (Å²) in [7, 11) is 0. The van der Waals surface area contributed by atoms with Crippen molar-refractivity contribution in [3.05, 3.63) is 21.8 Å². The van der Waals surface area contributed by atoms with Crippen LogP contribution in [0.15, 0.2) is 18.2 Å². The van der Waals surface area contributed by atoms with E-state index in [-0.39, 0.29) is 0 Å². The minimum absolute atomic E-state index is 0.706. The van der Waals surface area contributed by atoms with Gasteiger partial charge in [-0.15, -0.1) is 0 Å². The summed E-state index contributed by atoms with van der Waals surface area (Å²) >= 11 is 2.38. The SMILES string of the molecule is CCC(C)N1CCN(c2ccc(N)cc2I)CC1. The van der Waals surface area contributed by atoms with E-state index in [9.17, 15) is 0 Å². The summed E-state index contributed by atoms with van der Waals surface area (Å²) in [6, 6.07) is 6.91. The Morgan fingerprint density at radius 2 is 1.94 bits per heavy atom. The number of nitrogens with zero attached hydrogens (tertiary/aromatic N) is 2. The molecule has 100 valence electrons. The quantitative estimate of drug-likeness (QED) is 0.666. The number of hydrogen-bond acceptors (Lipinski definition) is 3. The van der Waals surface area contributed by atoms with Crippen LogP contribution in [-0.4, -0.2) is 37.1 Å². The lowest BCUT2D eigenvalue weighted by Gasteiger charge is -2.39. The normalized spacial score (nSPS) is 18.9. The fourth-order valence-electron chi connectivity index (χ4n) is 2.44. The maximum Gasteiger partial charge on any atom is 0.0504 e. The fourth-order valence-corrected chi connectivity index (χ4v) is 3.32. The van der Waals surface area contributed by atoms with Crippen molar-refractivity contribution in [1.82, 2.24) is 4.90 Å². The van der Waals surface area contributed by atoms with E-state index in [2.05, 4.69) is 58.4 Å². The summed E-state index contributed by atoms with van der Waals surface area (Å²) in [5, 5.41) is 0. The second-order valence-electron chi connectivity index (χ2n) is 4.99. The summed E-state index contributed by atoms with van der Waals surface area (Å²) in [4.78, 5) is 5.06. The second kappa shape index (κ2) is 6.10. The molecule has 0 radical (unpaired) electrons. The van der Waals surface area contributed by atoms with E-state index in [1.54, 1.807) is 0 Å². The average Bonchev–Trinajstić information content (AvgIpc) is 2.38. The Kier molecular flexibility index (Phi) is 4.72. The summed E-state index contributed by atoms with van der Waals surface area (Å²) in [6.07, 6.45) is 1.24. The van der Waals surface area contributed by atoms with Crippen LogP contribution in [-0.2, 0) is 0 Å². The second-order valence-corrected chi connectivity index (χ2v) is 6.15. The highest BCUT2D eigenvalue weighted by Gasteiger charge is 2.21. The van der Waals surface area contributed by atoms with Gasteiger partial charge in [-0.05, 0) is 54.1 Å². The Morgan fingerprint density at radius 1 is 1.28 bits per heavy atom. The predicted octanol–water partition coefficient (Wildman–Crippen LogP) is 2.79. The minimum atomic E-state index is 0.706. The molecule has 0 saturated carbocycles. The molecule has 1 heterocycles. The van der Waals surface area contributed by atoms with Gasteiger partial charge in [0.15, 0.2) is 0 Å². The molecular weight excluding hydrogens is 337 g/mol. The van der Waals surface area contributed by atoms with Gasteiger partial charge in [-0.2, -0.15) is 0 Å². The van der Waals surface area contributed by atoms with Crippen molar-refractivity contribution >= 4 is 34.0 Å². The van der Waals surface area contributed by atoms with E-state index in [0.29, 0.717) is 6.04 Å². The number of halogens is 1. The number of piperazine rings is 1. The minimum Gasteiger partial charge on any atom is -0.399 e. The van der Waals surface area contributed by atoms with Crippen LogP contribution in [0.1, 0.15) is 20.3 Å². The molecule has 1 aliphatic rings.